The molecule has 3 fully saturated rings. The van der Waals surface area contributed by atoms with Gasteiger partial charge in [-0.15, -0.1) is 12.4 Å². The molecule has 1 aromatic heterocycles. The number of halogens is 1. The van der Waals surface area contributed by atoms with E-state index in [2.05, 4.69) is 10.6 Å². The predicted octanol–water partition coefficient (Wildman–Crippen LogP) is 2.51. The van der Waals surface area contributed by atoms with E-state index in [4.69, 9.17) is 16.2 Å². The molecule has 17 heteroatoms. The van der Waals surface area contributed by atoms with Crippen LogP contribution in [0.25, 0.3) is 11.0 Å². The molecule has 6 N–H and O–H groups in total. The van der Waals surface area contributed by atoms with Crippen molar-refractivity contribution in [3.05, 3.63) is 70.1 Å². The number of primary amides is 1. The van der Waals surface area contributed by atoms with Crippen molar-refractivity contribution in [2.24, 2.45) is 18.5 Å². The number of imidazole rings is 1. The molecule has 6 atom stereocenters. The molecule has 6 rings (SSSR count). The van der Waals surface area contributed by atoms with Crippen LogP contribution in [0.3, 0.4) is 0 Å². The number of hydrogen-bond donors (Lipinski definition) is 4. The summed E-state index contributed by atoms with van der Waals surface area (Å²) >= 11 is 0. The molecule has 3 aliphatic heterocycles. The Morgan fingerprint density at radius 2 is 1.67 bits per heavy atom. The molecule has 3 aliphatic rings. The van der Waals surface area contributed by atoms with E-state index in [0.29, 0.717) is 57.2 Å². The van der Waals surface area contributed by atoms with Gasteiger partial charge in [-0.2, -0.15) is 0 Å². The van der Waals surface area contributed by atoms with Gasteiger partial charge >= 0.3 is 5.69 Å². The minimum absolute atomic E-state index is 0. The Hall–Kier alpha value is -5.06. The summed E-state index contributed by atoms with van der Waals surface area (Å²) in [6.45, 7) is 2.70. The van der Waals surface area contributed by atoms with Crippen LogP contribution in [0, 0.1) is 0 Å². The maximum Gasteiger partial charge on any atom is 0.329 e. The highest BCUT2D eigenvalue weighted by atomic mass is 35.5. The van der Waals surface area contributed by atoms with Crippen molar-refractivity contribution in [1.82, 2.24) is 29.6 Å². The molecule has 3 saturated heterocycles. The van der Waals surface area contributed by atoms with Gasteiger partial charge in [-0.25, -0.2) is 4.79 Å². The van der Waals surface area contributed by atoms with Gasteiger partial charge in [-0.05, 0) is 81.5 Å². The number of carbonyl (C=O) groups is 6. The molecule has 326 valence electrons. The fraction of sp³-hybridized carbons (Fsp3) is 0.558. The molecule has 0 saturated carbocycles. The standard InChI is InChI=1S/C43H58N8O8.ClH/c1-27(59-26-29-11-7-5-8-12-29)32(16-20-37(45)52)46-40(55)34-18-15-30-22-23-49(25-31(44)42(57)50(30)34)39(54)13-9-4-3-6-10-28-14-17-33-36(24-28)48(2)43(58)51(33)35-19-21-38(53)47-41(35)56;/h5,7-8,11-12,14,17,24,27,30-32,34-35H,3-4,6,9-10,13,15-16,18-23,25-26,44H2,1-2H3,(H2,45,52)(H,46,55)(H,47,53,56);1H/t27-,30-,31+,32+,34+,35?;/m1./s1. The topological polar surface area (TPSA) is 221 Å². The number of aryl methyl sites for hydroxylation is 2. The van der Waals surface area contributed by atoms with Crippen LogP contribution in [0.15, 0.2) is 53.3 Å². The number of unbranched alkanes of at least 4 members (excludes halogenated alkanes) is 3. The number of fused-ring (bicyclic) bond motifs is 2. The number of benzene rings is 2. The number of aromatic nitrogens is 2. The van der Waals surface area contributed by atoms with Gasteiger partial charge in [-0.3, -0.25) is 43.2 Å². The third kappa shape index (κ3) is 11.0. The van der Waals surface area contributed by atoms with Gasteiger partial charge < -0.3 is 31.3 Å². The van der Waals surface area contributed by atoms with Gasteiger partial charge in [0, 0.05) is 45.4 Å². The fourth-order valence-electron chi connectivity index (χ4n) is 8.72. The van der Waals surface area contributed by atoms with Crippen LogP contribution in [-0.2, 0) is 53.6 Å². The number of nitrogens with zero attached hydrogens (tertiary/aromatic N) is 4. The van der Waals surface area contributed by atoms with Crippen LogP contribution in [-0.4, -0.2) is 97.7 Å². The van der Waals surface area contributed by atoms with Crippen molar-refractivity contribution in [2.45, 2.75) is 133 Å². The SMILES string of the molecule is C[C@@H](OCc1ccccc1)[C@H](CCC(N)=O)NC(=O)[C@@H]1CC[C@@H]2CCN(C(=O)CCCCCCc3ccc4c(c3)n(C)c(=O)n4C3CCC(=O)NC3=O)C[C@H](N)C(=O)N21.Cl. The maximum absolute atomic E-state index is 13.8. The van der Waals surface area contributed by atoms with Crippen LogP contribution >= 0.6 is 12.4 Å². The number of nitrogens with two attached hydrogens (primary N) is 2. The average molecular weight is 851 g/mol. The van der Waals surface area contributed by atoms with E-state index in [-0.39, 0.29) is 73.6 Å². The highest BCUT2D eigenvalue weighted by Crippen LogP contribution is 2.30. The van der Waals surface area contributed by atoms with Crippen LogP contribution < -0.4 is 27.8 Å². The Labute approximate surface area is 356 Å². The summed E-state index contributed by atoms with van der Waals surface area (Å²) in [4.78, 5) is 93.1. The summed E-state index contributed by atoms with van der Waals surface area (Å²) in [5, 5.41) is 5.38. The van der Waals surface area contributed by atoms with Gasteiger partial charge in [0.1, 0.15) is 18.1 Å². The second-order valence-electron chi connectivity index (χ2n) is 16.3. The first-order chi connectivity index (χ1) is 28.3. The molecule has 0 radical (unpaired) electrons. The average Bonchev–Trinajstić information content (AvgIpc) is 3.75. The number of nitrogens with one attached hydrogen (secondary N) is 2. The largest absolute Gasteiger partial charge is 0.372 e. The normalized spacial score (nSPS) is 21.7. The van der Waals surface area contributed by atoms with Crippen molar-refractivity contribution in [1.29, 1.82) is 0 Å². The van der Waals surface area contributed by atoms with E-state index < -0.39 is 42.1 Å². The quantitative estimate of drug-likeness (QED) is 0.116. The second-order valence-corrected chi connectivity index (χ2v) is 16.3. The minimum atomic E-state index is -0.966. The summed E-state index contributed by atoms with van der Waals surface area (Å²) < 4.78 is 9.09. The van der Waals surface area contributed by atoms with E-state index in [1.165, 1.54) is 9.13 Å². The Kier molecular flexibility index (Phi) is 16.1. The Balaban J connectivity index is 0.00000683. The molecular formula is C43H59ClN8O8. The van der Waals surface area contributed by atoms with Crippen LogP contribution in [0.1, 0.15) is 101 Å². The van der Waals surface area contributed by atoms with Gasteiger partial charge in [-0.1, -0.05) is 49.2 Å². The Morgan fingerprint density at radius 3 is 2.40 bits per heavy atom. The monoisotopic (exact) mass is 850 g/mol. The lowest BCUT2D eigenvalue weighted by atomic mass is 10.0. The summed E-state index contributed by atoms with van der Waals surface area (Å²) in [5.74, 6) is -1.97. The smallest absolute Gasteiger partial charge is 0.329 e. The number of carbonyl (C=O) groups excluding carboxylic acids is 6. The summed E-state index contributed by atoms with van der Waals surface area (Å²) in [6.07, 6.45) is 6.50. The molecule has 16 nitrogen and oxygen atoms in total. The fourth-order valence-corrected chi connectivity index (χ4v) is 8.72. The van der Waals surface area contributed by atoms with E-state index in [9.17, 15) is 33.6 Å². The number of piperidine rings is 1. The van der Waals surface area contributed by atoms with Crippen LogP contribution in [0.5, 0.6) is 0 Å². The number of imide groups is 1. The lowest BCUT2D eigenvalue weighted by Crippen LogP contribution is -2.60. The van der Waals surface area contributed by atoms with Crippen molar-refractivity contribution >= 4 is 58.9 Å². The minimum Gasteiger partial charge on any atom is -0.372 e. The first kappa shape index (κ1) is 46.0. The maximum atomic E-state index is 13.8. The van der Waals surface area contributed by atoms with Crippen molar-refractivity contribution in [3.63, 3.8) is 0 Å². The number of rotatable bonds is 17. The third-order valence-corrected chi connectivity index (χ3v) is 12.1. The molecule has 3 aromatic rings. The third-order valence-electron chi connectivity index (χ3n) is 12.1. The number of hydrogen-bond acceptors (Lipinski definition) is 9. The molecule has 4 heterocycles. The van der Waals surface area contributed by atoms with E-state index in [0.717, 1.165) is 42.3 Å². The van der Waals surface area contributed by atoms with Gasteiger partial charge in [0.05, 0.1) is 29.8 Å². The van der Waals surface area contributed by atoms with Crippen molar-refractivity contribution in [3.8, 4) is 0 Å². The zero-order valence-electron chi connectivity index (χ0n) is 34.5. The van der Waals surface area contributed by atoms with E-state index in [1.807, 2.05) is 55.5 Å². The van der Waals surface area contributed by atoms with E-state index in [1.54, 1.807) is 16.8 Å². The van der Waals surface area contributed by atoms with Crippen LogP contribution in [0.4, 0.5) is 0 Å². The molecule has 0 aliphatic carbocycles. The zero-order chi connectivity index (χ0) is 42.2. The van der Waals surface area contributed by atoms with Crippen molar-refractivity contribution < 1.29 is 33.5 Å². The van der Waals surface area contributed by atoms with Gasteiger partial charge in [0.2, 0.25) is 35.4 Å². The van der Waals surface area contributed by atoms with E-state index >= 15 is 0 Å². The predicted molar refractivity (Wildman–Crippen MR) is 227 cm³/mol. The summed E-state index contributed by atoms with van der Waals surface area (Å²) in [7, 11) is 1.68. The van der Waals surface area contributed by atoms with Gasteiger partial charge in [0.25, 0.3) is 0 Å². The summed E-state index contributed by atoms with van der Waals surface area (Å²) in [5.41, 5.74) is 15.0. The Bertz CT molecular complexity index is 2090. The Morgan fingerprint density at radius 1 is 0.917 bits per heavy atom. The lowest BCUT2D eigenvalue weighted by molar-refractivity contribution is -0.145. The molecule has 6 amide bonds. The number of ether oxygens (including phenoxy) is 1. The van der Waals surface area contributed by atoms with Crippen LogP contribution in [0.2, 0.25) is 0 Å². The lowest BCUT2D eigenvalue weighted by Gasteiger charge is -2.38. The molecule has 1 unspecified atom stereocenters. The first-order valence-corrected chi connectivity index (χ1v) is 21.0. The summed E-state index contributed by atoms with van der Waals surface area (Å²) in [6, 6.07) is 12.3. The number of amides is 6. The first-order valence-electron chi connectivity index (χ1n) is 21.0. The highest BCUT2D eigenvalue weighted by Gasteiger charge is 2.44. The zero-order valence-corrected chi connectivity index (χ0v) is 35.3. The highest BCUT2D eigenvalue weighted by molar-refractivity contribution is 6.00. The van der Waals surface area contributed by atoms with Gasteiger partial charge in [0.15, 0.2) is 0 Å². The molecule has 0 bridgehead atoms. The molecule has 0 spiro atoms. The second kappa shape index (κ2) is 21.0. The molecular weight excluding hydrogens is 792 g/mol. The molecule has 2 aromatic carbocycles. The molecule has 60 heavy (non-hydrogen) atoms. The van der Waals surface area contributed by atoms with Crippen molar-refractivity contribution in [2.75, 3.05) is 13.1 Å².